The third-order valence-corrected chi connectivity index (χ3v) is 4.91. The van der Waals surface area contributed by atoms with Crippen LogP contribution in [0.25, 0.3) is 10.8 Å². The lowest BCUT2D eigenvalue weighted by Gasteiger charge is -2.06. The van der Waals surface area contributed by atoms with Crippen LogP contribution in [0.15, 0.2) is 74.9 Å². The van der Waals surface area contributed by atoms with Gasteiger partial charge in [0, 0.05) is 19.8 Å². The molecule has 0 amide bonds. The Balaban J connectivity index is 1.91. The zero-order valence-corrected chi connectivity index (χ0v) is 13.9. The molecule has 0 aliphatic heterocycles. The van der Waals surface area contributed by atoms with Crippen molar-refractivity contribution in [1.29, 1.82) is 0 Å². The van der Waals surface area contributed by atoms with Crippen molar-refractivity contribution in [3.8, 4) is 0 Å². The first-order chi connectivity index (χ1) is 10.1. The number of halogens is 1. The van der Waals surface area contributed by atoms with Gasteiger partial charge in [0.25, 0.3) is 0 Å². The van der Waals surface area contributed by atoms with Gasteiger partial charge in [0.2, 0.25) is 0 Å². The van der Waals surface area contributed by atoms with Gasteiger partial charge in [-0.15, -0.1) is 0 Å². The van der Waals surface area contributed by atoms with E-state index in [9.17, 15) is 4.79 Å². The average Bonchev–Trinajstić information content (AvgIpc) is 2.47. The van der Waals surface area contributed by atoms with Gasteiger partial charge in [-0.05, 0) is 48.0 Å². The first kappa shape index (κ1) is 14.4. The van der Waals surface area contributed by atoms with E-state index in [1.807, 2.05) is 24.3 Å². The molecule has 0 aliphatic carbocycles. The van der Waals surface area contributed by atoms with E-state index in [-0.39, 0.29) is 5.78 Å². The number of fused-ring (bicyclic) bond motifs is 1. The monoisotopic (exact) mass is 356 g/mol. The van der Waals surface area contributed by atoms with E-state index in [0.717, 1.165) is 14.9 Å². The van der Waals surface area contributed by atoms with E-state index in [4.69, 9.17) is 0 Å². The van der Waals surface area contributed by atoms with Crippen molar-refractivity contribution < 1.29 is 4.79 Å². The summed E-state index contributed by atoms with van der Waals surface area (Å²) >= 11 is 5.16. The molecule has 0 bridgehead atoms. The zero-order valence-electron chi connectivity index (χ0n) is 11.5. The van der Waals surface area contributed by atoms with Gasteiger partial charge in [0.05, 0.1) is 0 Å². The number of hydrogen-bond donors (Lipinski definition) is 0. The quantitative estimate of drug-likeness (QED) is 0.538. The molecule has 1 nitrogen and oxygen atoms in total. The van der Waals surface area contributed by atoms with E-state index < -0.39 is 0 Å². The molecule has 0 fully saturated rings. The molecular weight excluding hydrogens is 344 g/mol. The van der Waals surface area contributed by atoms with Crippen molar-refractivity contribution in [2.75, 3.05) is 0 Å². The molecule has 0 aliphatic rings. The van der Waals surface area contributed by atoms with Gasteiger partial charge >= 0.3 is 0 Å². The maximum absolute atomic E-state index is 11.4. The SMILES string of the molecule is CC(=O)c1ccc(Sc2ccc3ccccc3c2)cc1Br. The first-order valence-electron chi connectivity index (χ1n) is 6.60. The molecule has 3 rings (SSSR count). The minimum atomic E-state index is 0.0733. The van der Waals surface area contributed by atoms with Crippen molar-refractivity contribution in [1.82, 2.24) is 0 Å². The highest BCUT2D eigenvalue weighted by Crippen LogP contribution is 2.32. The molecule has 3 aromatic rings. The molecular formula is C18H13BrOS. The van der Waals surface area contributed by atoms with Crippen molar-refractivity contribution in [3.05, 3.63) is 70.7 Å². The average molecular weight is 357 g/mol. The number of Topliss-reactive ketones (excluding diaryl/α,β-unsaturated/α-hetero) is 1. The number of rotatable bonds is 3. The fourth-order valence-corrected chi connectivity index (χ4v) is 3.93. The Hall–Kier alpha value is -1.58. The van der Waals surface area contributed by atoms with E-state index in [2.05, 4.69) is 52.3 Å². The minimum absolute atomic E-state index is 0.0733. The normalized spacial score (nSPS) is 10.8. The van der Waals surface area contributed by atoms with Crippen LogP contribution < -0.4 is 0 Å². The van der Waals surface area contributed by atoms with Gasteiger partial charge in [-0.1, -0.05) is 58.0 Å². The van der Waals surface area contributed by atoms with Crippen molar-refractivity contribution in [2.24, 2.45) is 0 Å². The number of ketones is 1. The van der Waals surface area contributed by atoms with Crippen LogP contribution in [0, 0.1) is 0 Å². The number of carbonyl (C=O) groups is 1. The lowest BCUT2D eigenvalue weighted by atomic mass is 10.1. The third kappa shape index (κ3) is 3.20. The van der Waals surface area contributed by atoms with Crippen LogP contribution in [0.4, 0.5) is 0 Å². The van der Waals surface area contributed by atoms with Gasteiger partial charge in [-0.2, -0.15) is 0 Å². The molecule has 0 saturated heterocycles. The topological polar surface area (TPSA) is 17.1 Å². The Kier molecular flexibility index (Phi) is 4.13. The fourth-order valence-electron chi connectivity index (χ4n) is 2.21. The Morgan fingerprint density at radius 2 is 1.57 bits per heavy atom. The van der Waals surface area contributed by atoms with Gasteiger partial charge in [0.15, 0.2) is 5.78 Å². The lowest BCUT2D eigenvalue weighted by molar-refractivity contribution is 0.101. The predicted octanol–water partition coefficient (Wildman–Crippen LogP) is 5.96. The van der Waals surface area contributed by atoms with E-state index in [1.165, 1.54) is 15.7 Å². The van der Waals surface area contributed by atoms with Crippen LogP contribution >= 0.6 is 27.7 Å². The van der Waals surface area contributed by atoms with Crippen molar-refractivity contribution in [3.63, 3.8) is 0 Å². The van der Waals surface area contributed by atoms with E-state index >= 15 is 0 Å². The third-order valence-electron chi connectivity index (χ3n) is 3.28. The minimum Gasteiger partial charge on any atom is -0.294 e. The Labute approximate surface area is 136 Å². The Bertz CT molecular complexity index is 826. The molecule has 3 heteroatoms. The molecule has 104 valence electrons. The molecule has 21 heavy (non-hydrogen) atoms. The second-order valence-corrected chi connectivity index (χ2v) is 6.81. The zero-order chi connectivity index (χ0) is 14.8. The molecule has 0 heterocycles. The summed E-state index contributed by atoms with van der Waals surface area (Å²) in [5, 5.41) is 2.48. The Morgan fingerprint density at radius 3 is 2.29 bits per heavy atom. The summed E-state index contributed by atoms with van der Waals surface area (Å²) in [6, 6.07) is 20.6. The molecule has 0 atom stereocenters. The molecule has 3 aromatic carbocycles. The molecule has 0 aromatic heterocycles. The van der Waals surface area contributed by atoms with Crippen molar-refractivity contribution in [2.45, 2.75) is 16.7 Å². The predicted molar refractivity (Wildman–Crippen MR) is 92.2 cm³/mol. The summed E-state index contributed by atoms with van der Waals surface area (Å²) in [4.78, 5) is 13.7. The highest BCUT2D eigenvalue weighted by Gasteiger charge is 2.07. The summed E-state index contributed by atoms with van der Waals surface area (Å²) in [5.74, 6) is 0.0733. The summed E-state index contributed by atoms with van der Waals surface area (Å²) in [7, 11) is 0. The number of benzene rings is 3. The smallest absolute Gasteiger partial charge is 0.160 e. The van der Waals surface area contributed by atoms with Crippen LogP contribution in [0.5, 0.6) is 0 Å². The second-order valence-electron chi connectivity index (χ2n) is 4.81. The van der Waals surface area contributed by atoms with Crippen LogP contribution in [-0.4, -0.2) is 5.78 Å². The molecule has 0 saturated carbocycles. The molecule has 0 unspecified atom stereocenters. The Morgan fingerprint density at radius 1 is 0.905 bits per heavy atom. The lowest BCUT2D eigenvalue weighted by Crippen LogP contribution is -1.93. The summed E-state index contributed by atoms with van der Waals surface area (Å²) < 4.78 is 0.848. The van der Waals surface area contributed by atoms with Gasteiger partial charge < -0.3 is 0 Å². The summed E-state index contributed by atoms with van der Waals surface area (Å²) in [5.41, 5.74) is 0.720. The fraction of sp³-hybridized carbons (Fsp3) is 0.0556. The highest BCUT2D eigenvalue weighted by molar-refractivity contribution is 9.10. The molecule has 0 radical (unpaired) electrons. The molecule has 0 spiro atoms. The standard InChI is InChI=1S/C18H13BrOS/c1-12(20)17-9-8-16(11-18(17)19)21-15-7-6-13-4-2-3-5-14(13)10-15/h2-11H,1H3. The van der Waals surface area contributed by atoms with Crippen molar-refractivity contribution >= 4 is 44.2 Å². The van der Waals surface area contributed by atoms with E-state index in [1.54, 1.807) is 18.7 Å². The van der Waals surface area contributed by atoms with Crippen LogP contribution in [0.2, 0.25) is 0 Å². The summed E-state index contributed by atoms with van der Waals surface area (Å²) in [6.07, 6.45) is 0. The van der Waals surface area contributed by atoms with Gasteiger partial charge in [0.1, 0.15) is 0 Å². The second kappa shape index (κ2) is 6.04. The van der Waals surface area contributed by atoms with E-state index in [0.29, 0.717) is 0 Å². The maximum atomic E-state index is 11.4. The highest BCUT2D eigenvalue weighted by atomic mass is 79.9. The number of hydrogen-bond acceptors (Lipinski definition) is 2. The largest absolute Gasteiger partial charge is 0.294 e. The van der Waals surface area contributed by atoms with Crippen LogP contribution in [-0.2, 0) is 0 Å². The number of carbonyl (C=O) groups excluding carboxylic acids is 1. The van der Waals surface area contributed by atoms with Gasteiger partial charge in [-0.3, -0.25) is 4.79 Å². The van der Waals surface area contributed by atoms with Gasteiger partial charge in [-0.25, -0.2) is 0 Å². The summed E-state index contributed by atoms with van der Waals surface area (Å²) in [6.45, 7) is 1.58. The van der Waals surface area contributed by atoms with Crippen LogP contribution in [0.1, 0.15) is 17.3 Å². The first-order valence-corrected chi connectivity index (χ1v) is 8.21. The maximum Gasteiger partial charge on any atom is 0.160 e. The molecule has 0 N–H and O–H groups in total. The van der Waals surface area contributed by atoms with Crippen LogP contribution in [0.3, 0.4) is 0 Å².